The molecule has 2 aromatic carbocycles. The molecule has 182 valence electrons. The molecule has 0 spiro atoms. The second-order valence-corrected chi connectivity index (χ2v) is 12.4. The van der Waals surface area contributed by atoms with Crippen molar-refractivity contribution in [2.24, 2.45) is 0 Å². The summed E-state index contributed by atoms with van der Waals surface area (Å²) in [5.74, 6) is 1.06. The monoisotopic (exact) mass is 470 g/mol. The highest BCUT2D eigenvalue weighted by molar-refractivity contribution is 7.48. The van der Waals surface area contributed by atoms with Gasteiger partial charge in [-0.2, -0.15) is 0 Å². The Bertz CT molecular complexity index is 958. The molecule has 0 fully saturated rings. The van der Waals surface area contributed by atoms with Crippen molar-refractivity contribution in [2.45, 2.75) is 91.6 Å². The zero-order valence-corrected chi connectivity index (χ0v) is 23.1. The van der Waals surface area contributed by atoms with Crippen molar-refractivity contribution >= 4 is 19.7 Å². The van der Waals surface area contributed by atoms with Crippen molar-refractivity contribution < 1.29 is 14.3 Å². The van der Waals surface area contributed by atoms with Gasteiger partial charge in [0.25, 0.3) is 0 Å². The van der Waals surface area contributed by atoms with Crippen LogP contribution in [-0.2, 0) is 15.3 Å². The Morgan fingerprint density at radius 3 is 2.30 bits per heavy atom. The third kappa shape index (κ3) is 7.14. The lowest BCUT2D eigenvalue weighted by molar-refractivity contribution is 0.0494. The quantitative estimate of drug-likeness (QED) is 0.147. The Morgan fingerprint density at radius 2 is 1.73 bits per heavy atom. The second-order valence-electron chi connectivity index (χ2n) is 10.5. The minimum atomic E-state index is -0.149. The molecule has 2 unspecified atom stereocenters. The molecule has 2 rings (SSSR count). The van der Waals surface area contributed by atoms with Gasteiger partial charge in [0.1, 0.15) is 5.75 Å². The molecule has 0 aliphatic heterocycles. The van der Waals surface area contributed by atoms with E-state index in [2.05, 4.69) is 65.8 Å². The van der Waals surface area contributed by atoms with Gasteiger partial charge < -0.3 is 9.47 Å². The van der Waals surface area contributed by atoms with Crippen molar-refractivity contribution in [1.29, 1.82) is 0 Å². The highest BCUT2D eigenvalue weighted by atomic mass is 31.1. The molecule has 2 aromatic rings. The molecule has 2 atom stereocenters. The average molecular weight is 471 g/mol. The summed E-state index contributed by atoms with van der Waals surface area (Å²) in [6.07, 6.45) is 4.56. The molecule has 0 aliphatic rings. The number of unbranched alkanes of at least 4 members (excludes halogenated alkanes) is 2. The third-order valence-corrected chi connectivity index (χ3v) is 8.08. The third-order valence-electron chi connectivity index (χ3n) is 6.30. The van der Waals surface area contributed by atoms with Crippen molar-refractivity contribution in [2.75, 3.05) is 13.9 Å². The molecular weight excluding hydrogens is 427 g/mol. The molecule has 3 nitrogen and oxygen atoms in total. The lowest BCUT2D eigenvalue weighted by atomic mass is 9.82. The standard InChI is InChI=1S/C29H43O3P/c1-10-11-12-15-29(8,33-26-14-13-20(2)16-24(26)22(4)30)25-18-23(28(5,6)7)17-21(3)27(25)32-19-31-9/h13-14,16-18,33H,10-12,15,19H2,1-9H3. The number of ether oxygens (including phenoxy) is 2. The summed E-state index contributed by atoms with van der Waals surface area (Å²) in [7, 11) is 2.12. The number of carbonyl (C=O) groups is 1. The van der Waals surface area contributed by atoms with Gasteiger partial charge in [0, 0.05) is 23.4 Å². The molecule has 0 N–H and O–H groups in total. The normalized spacial score (nSPS) is 14.0. The van der Waals surface area contributed by atoms with E-state index < -0.39 is 0 Å². The van der Waals surface area contributed by atoms with Crippen molar-refractivity contribution in [3.05, 3.63) is 58.1 Å². The summed E-state index contributed by atoms with van der Waals surface area (Å²) in [5.41, 5.74) is 5.67. The smallest absolute Gasteiger partial charge is 0.188 e. The first-order valence-corrected chi connectivity index (χ1v) is 13.1. The van der Waals surface area contributed by atoms with Crippen molar-refractivity contribution in [1.82, 2.24) is 0 Å². The first kappa shape index (κ1) is 27.5. The van der Waals surface area contributed by atoms with Gasteiger partial charge in [-0.1, -0.05) is 92.3 Å². The predicted molar refractivity (Wildman–Crippen MR) is 143 cm³/mol. The zero-order chi connectivity index (χ0) is 24.8. The number of methoxy groups -OCH3 is 1. The predicted octanol–water partition coefficient (Wildman–Crippen LogP) is 7.59. The van der Waals surface area contributed by atoms with Crippen LogP contribution >= 0.6 is 8.58 Å². The second kappa shape index (κ2) is 11.6. The summed E-state index contributed by atoms with van der Waals surface area (Å²) < 4.78 is 11.5. The lowest BCUT2D eigenvalue weighted by Crippen LogP contribution is -2.25. The van der Waals surface area contributed by atoms with Gasteiger partial charge in [-0.25, -0.2) is 0 Å². The van der Waals surface area contributed by atoms with E-state index in [4.69, 9.17) is 9.47 Å². The molecule has 4 heteroatoms. The summed E-state index contributed by atoms with van der Waals surface area (Å²) in [4.78, 5) is 12.5. The van der Waals surface area contributed by atoms with Gasteiger partial charge in [-0.3, -0.25) is 4.79 Å². The van der Waals surface area contributed by atoms with Crippen LogP contribution in [-0.4, -0.2) is 19.7 Å². The van der Waals surface area contributed by atoms with Crippen LogP contribution in [0.1, 0.15) is 99.8 Å². The zero-order valence-electron chi connectivity index (χ0n) is 22.1. The minimum absolute atomic E-state index is 0.0289. The highest BCUT2D eigenvalue weighted by Gasteiger charge is 2.33. The first-order valence-electron chi connectivity index (χ1n) is 12.1. The summed E-state index contributed by atoms with van der Waals surface area (Å²) in [6, 6.07) is 10.9. The molecule has 0 aromatic heterocycles. The van der Waals surface area contributed by atoms with E-state index in [1.165, 1.54) is 24.0 Å². The van der Waals surface area contributed by atoms with E-state index in [0.29, 0.717) is 8.58 Å². The number of aryl methyl sites for hydroxylation is 2. The summed E-state index contributed by atoms with van der Waals surface area (Å²) in [5, 5.41) is 0.993. The van der Waals surface area contributed by atoms with Gasteiger partial charge in [0.05, 0.1) is 0 Å². The van der Waals surface area contributed by atoms with E-state index in [-0.39, 0.29) is 23.1 Å². The number of hydrogen-bond donors (Lipinski definition) is 0. The Labute approximate surface area is 203 Å². The Kier molecular flexibility index (Phi) is 9.70. The highest BCUT2D eigenvalue weighted by Crippen LogP contribution is 2.50. The van der Waals surface area contributed by atoms with E-state index in [9.17, 15) is 4.79 Å². The SMILES string of the molecule is CCCCCC(C)(Pc1ccc(C)cc1C(C)=O)c1cc(C(C)(C)C)cc(C)c1OCOC. The van der Waals surface area contributed by atoms with Crippen LogP contribution in [0.3, 0.4) is 0 Å². The van der Waals surface area contributed by atoms with Gasteiger partial charge >= 0.3 is 0 Å². The molecular formula is C29H43O3P. The van der Waals surface area contributed by atoms with Crippen molar-refractivity contribution in [3.63, 3.8) is 0 Å². The fourth-order valence-corrected chi connectivity index (χ4v) is 6.04. The molecule has 0 saturated heterocycles. The Morgan fingerprint density at radius 1 is 1.03 bits per heavy atom. The fraction of sp³-hybridized carbons (Fsp3) is 0.552. The average Bonchev–Trinajstić information content (AvgIpc) is 2.73. The molecule has 0 saturated carbocycles. The van der Waals surface area contributed by atoms with E-state index >= 15 is 0 Å². The van der Waals surface area contributed by atoms with Crippen LogP contribution < -0.4 is 10.0 Å². The minimum Gasteiger partial charge on any atom is -0.467 e. The number of carbonyl (C=O) groups excluding carboxylic acids is 1. The first-order chi connectivity index (χ1) is 15.4. The van der Waals surface area contributed by atoms with Gasteiger partial charge in [-0.05, 0) is 55.1 Å². The number of Topliss-reactive ketones (excluding diaryl/α,β-unsaturated/α-hetero) is 1. The Balaban J connectivity index is 2.72. The molecule has 0 amide bonds. The van der Waals surface area contributed by atoms with Crippen LogP contribution in [0.25, 0.3) is 0 Å². The fourth-order valence-electron chi connectivity index (χ4n) is 4.27. The number of rotatable bonds is 11. The lowest BCUT2D eigenvalue weighted by Gasteiger charge is -2.35. The largest absolute Gasteiger partial charge is 0.467 e. The van der Waals surface area contributed by atoms with Crippen LogP contribution in [0, 0.1) is 13.8 Å². The van der Waals surface area contributed by atoms with Gasteiger partial charge in [0.15, 0.2) is 12.6 Å². The molecule has 0 bridgehead atoms. The Hall–Kier alpha value is -1.70. The topological polar surface area (TPSA) is 35.5 Å². The number of benzene rings is 2. The number of ketones is 1. The van der Waals surface area contributed by atoms with Crippen LogP contribution in [0.15, 0.2) is 30.3 Å². The number of hydrogen-bond acceptors (Lipinski definition) is 3. The maximum atomic E-state index is 12.5. The summed E-state index contributed by atoms with van der Waals surface area (Å²) in [6.45, 7) is 17.4. The van der Waals surface area contributed by atoms with Crippen LogP contribution in [0.4, 0.5) is 0 Å². The molecule has 33 heavy (non-hydrogen) atoms. The molecule has 0 heterocycles. The van der Waals surface area contributed by atoms with E-state index in [1.54, 1.807) is 14.0 Å². The van der Waals surface area contributed by atoms with Crippen molar-refractivity contribution in [3.8, 4) is 5.75 Å². The molecule has 0 radical (unpaired) electrons. The maximum Gasteiger partial charge on any atom is 0.188 e. The molecule has 0 aliphatic carbocycles. The van der Waals surface area contributed by atoms with Crippen LogP contribution in [0.5, 0.6) is 5.75 Å². The maximum absolute atomic E-state index is 12.5. The van der Waals surface area contributed by atoms with E-state index in [1.807, 2.05) is 13.0 Å². The summed E-state index contributed by atoms with van der Waals surface area (Å²) >= 11 is 0. The van der Waals surface area contributed by atoms with E-state index in [0.717, 1.165) is 40.6 Å². The van der Waals surface area contributed by atoms with Crippen LogP contribution in [0.2, 0.25) is 0 Å². The van der Waals surface area contributed by atoms with Gasteiger partial charge in [-0.15, -0.1) is 0 Å². The van der Waals surface area contributed by atoms with Gasteiger partial charge in [0.2, 0.25) is 0 Å².